The maximum atomic E-state index is 6.30. The zero-order valence-corrected chi connectivity index (χ0v) is 11.9. The molecule has 0 unspecified atom stereocenters. The predicted octanol–water partition coefficient (Wildman–Crippen LogP) is 4.14. The second kappa shape index (κ2) is 5.83. The van der Waals surface area contributed by atoms with Gasteiger partial charge < -0.3 is 9.47 Å². The van der Waals surface area contributed by atoms with E-state index < -0.39 is 0 Å². The molecule has 1 aromatic rings. The molecular weight excluding hydrogens is 248 g/mol. The molecule has 0 spiro atoms. The molecule has 3 heteroatoms. The normalized spacial score (nSPS) is 18.4. The Labute approximate surface area is 114 Å². The van der Waals surface area contributed by atoms with Gasteiger partial charge in [0, 0.05) is 16.9 Å². The highest BCUT2D eigenvalue weighted by molar-refractivity contribution is 6.18. The summed E-state index contributed by atoms with van der Waals surface area (Å²) in [6.07, 6.45) is 6.07. The van der Waals surface area contributed by atoms with Gasteiger partial charge in [-0.05, 0) is 31.0 Å². The Bertz CT molecular complexity index is 397. The van der Waals surface area contributed by atoms with Crippen LogP contribution in [0.5, 0.6) is 11.5 Å². The minimum absolute atomic E-state index is 0.0552. The zero-order chi connectivity index (χ0) is 13.0. The van der Waals surface area contributed by atoms with E-state index in [1.54, 1.807) is 14.2 Å². The smallest absolute Gasteiger partial charge is 0.122 e. The Hall–Kier alpha value is -0.890. The van der Waals surface area contributed by atoms with Crippen molar-refractivity contribution >= 4 is 11.6 Å². The summed E-state index contributed by atoms with van der Waals surface area (Å²) in [6, 6.07) is 6.01. The summed E-state index contributed by atoms with van der Waals surface area (Å²) in [7, 11) is 3.41. The van der Waals surface area contributed by atoms with E-state index in [4.69, 9.17) is 21.1 Å². The lowest BCUT2D eigenvalue weighted by Crippen LogP contribution is -2.31. The molecule has 1 aromatic carbocycles. The van der Waals surface area contributed by atoms with Crippen LogP contribution in [0, 0.1) is 0 Å². The molecule has 0 amide bonds. The average Bonchev–Trinajstić information content (AvgIpc) is 2.47. The van der Waals surface area contributed by atoms with Crippen LogP contribution in [-0.4, -0.2) is 20.1 Å². The van der Waals surface area contributed by atoms with E-state index in [1.165, 1.54) is 24.8 Å². The van der Waals surface area contributed by atoms with Gasteiger partial charge in [0.25, 0.3) is 0 Å². The highest BCUT2D eigenvalue weighted by Gasteiger charge is 2.35. The number of rotatable bonds is 4. The van der Waals surface area contributed by atoms with Gasteiger partial charge in [0.1, 0.15) is 11.5 Å². The maximum absolute atomic E-state index is 6.30. The lowest BCUT2D eigenvalue weighted by atomic mass is 9.70. The van der Waals surface area contributed by atoms with Crippen LogP contribution in [0.3, 0.4) is 0 Å². The number of benzene rings is 1. The van der Waals surface area contributed by atoms with Crippen LogP contribution in [0.25, 0.3) is 0 Å². The SMILES string of the molecule is COc1ccc(OC)c(C2(CCl)CCCCC2)c1. The van der Waals surface area contributed by atoms with Gasteiger partial charge in [0.05, 0.1) is 14.2 Å². The van der Waals surface area contributed by atoms with E-state index in [-0.39, 0.29) is 5.41 Å². The van der Waals surface area contributed by atoms with E-state index >= 15 is 0 Å². The van der Waals surface area contributed by atoms with Crippen molar-refractivity contribution in [3.05, 3.63) is 23.8 Å². The summed E-state index contributed by atoms with van der Waals surface area (Å²) in [5, 5.41) is 0. The van der Waals surface area contributed by atoms with E-state index in [0.717, 1.165) is 24.3 Å². The summed E-state index contributed by atoms with van der Waals surface area (Å²) in [4.78, 5) is 0. The number of methoxy groups -OCH3 is 2. The van der Waals surface area contributed by atoms with E-state index in [0.29, 0.717) is 5.88 Å². The van der Waals surface area contributed by atoms with Crippen molar-refractivity contribution in [1.29, 1.82) is 0 Å². The number of ether oxygens (including phenoxy) is 2. The van der Waals surface area contributed by atoms with Gasteiger partial charge in [0.15, 0.2) is 0 Å². The van der Waals surface area contributed by atoms with Crippen molar-refractivity contribution < 1.29 is 9.47 Å². The first-order valence-corrected chi connectivity index (χ1v) is 7.08. The monoisotopic (exact) mass is 268 g/mol. The molecule has 1 aliphatic rings. The molecule has 18 heavy (non-hydrogen) atoms. The van der Waals surface area contributed by atoms with E-state index in [9.17, 15) is 0 Å². The molecule has 1 fully saturated rings. The van der Waals surface area contributed by atoms with Crippen LogP contribution >= 0.6 is 11.6 Å². The van der Waals surface area contributed by atoms with Crippen molar-refractivity contribution in [3.63, 3.8) is 0 Å². The molecule has 0 aliphatic heterocycles. The Kier molecular flexibility index (Phi) is 4.39. The van der Waals surface area contributed by atoms with Crippen molar-refractivity contribution in [1.82, 2.24) is 0 Å². The predicted molar refractivity (Wildman–Crippen MR) is 75.0 cm³/mol. The summed E-state index contributed by atoms with van der Waals surface area (Å²) in [6.45, 7) is 0. The maximum Gasteiger partial charge on any atom is 0.122 e. The third-order valence-electron chi connectivity index (χ3n) is 4.04. The van der Waals surface area contributed by atoms with Gasteiger partial charge in [-0.2, -0.15) is 0 Å². The molecule has 0 atom stereocenters. The van der Waals surface area contributed by atoms with Crippen molar-refractivity contribution in [2.75, 3.05) is 20.1 Å². The highest BCUT2D eigenvalue weighted by Crippen LogP contribution is 2.45. The van der Waals surface area contributed by atoms with Gasteiger partial charge >= 0.3 is 0 Å². The fourth-order valence-electron chi connectivity index (χ4n) is 2.93. The zero-order valence-electron chi connectivity index (χ0n) is 11.2. The molecule has 1 aliphatic carbocycles. The van der Waals surface area contributed by atoms with Crippen LogP contribution in [0.15, 0.2) is 18.2 Å². The fourth-order valence-corrected chi connectivity index (χ4v) is 3.34. The Morgan fingerprint density at radius 1 is 1.11 bits per heavy atom. The summed E-state index contributed by atoms with van der Waals surface area (Å²) in [5.74, 6) is 2.45. The number of hydrogen-bond acceptors (Lipinski definition) is 2. The van der Waals surface area contributed by atoms with Crippen LogP contribution < -0.4 is 9.47 Å². The Morgan fingerprint density at radius 3 is 2.39 bits per heavy atom. The van der Waals surface area contributed by atoms with Gasteiger partial charge in [-0.3, -0.25) is 0 Å². The molecular formula is C15H21ClO2. The molecule has 0 N–H and O–H groups in total. The number of alkyl halides is 1. The van der Waals surface area contributed by atoms with Crippen molar-refractivity contribution in [2.24, 2.45) is 0 Å². The molecule has 100 valence electrons. The van der Waals surface area contributed by atoms with Gasteiger partial charge in [-0.15, -0.1) is 11.6 Å². The third-order valence-corrected chi connectivity index (χ3v) is 4.56. The minimum atomic E-state index is 0.0552. The molecule has 2 nitrogen and oxygen atoms in total. The third kappa shape index (κ3) is 2.44. The topological polar surface area (TPSA) is 18.5 Å². The van der Waals surface area contributed by atoms with E-state index in [1.807, 2.05) is 12.1 Å². The van der Waals surface area contributed by atoms with E-state index in [2.05, 4.69) is 6.07 Å². The summed E-state index contributed by atoms with van der Waals surface area (Å²) >= 11 is 6.30. The highest BCUT2D eigenvalue weighted by atomic mass is 35.5. The molecule has 0 saturated heterocycles. The van der Waals surface area contributed by atoms with Crippen LogP contribution in [-0.2, 0) is 5.41 Å². The lowest BCUT2D eigenvalue weighted by molar-refractivity contribution is 0.306. The van der Waals surface area contributed by atoms with Gasteiger partial charge in [-0.1, -0.05) is 19.3 Å². The summed E-state index contributed by atoms with van der Waals surface area (Å²) in [5.41, 5.74) is 1.26. The molecule has 0 heterocycles. The van der Waals surface area contributed by atoms with Crippen LogP contribution in [0.2, 0.25) is 0 Å². The molecule has 1 saturated carbocycles. The first kappa shape index (κ1) is 13.5. The molecule has 0 aromatic heterocycles. The molecule has 0 radical (unpaired) electrons. The number of hydrogen-bond donors (Lipinski definition) is 0. The van der Waals surface area contributed by atoms with Crippen molar-refractivity contribution in [3.8, 4) is 11.5 Å². The molecule has 2 rings (SSSR count). The minimum Gasteiger partial charge on any atom is -0.497 e. The quantitative estimate of drug-likeness (QED) is 0.764. The van der Waals surface area contributed by atoms with Crippen molar-refractivity contribution in [2.45, 2.75) is 37.5 Å². The lowest BCUT2D eigenvalue weighted by Gasteiger charge is -2.37. The standard InChI is InChI=1S/C15H21ClO2/c1-17-12-6-7-14(18-2)13(10-12)15(11-16)8-4-3-5-9-15/h6-7,10H,3-5,8-9,11H2,1-2H3. The van der Waals surface area contributed by atoms with Gasteiger partial charge in [0.2, 0.25) is 0 Å². The van der Waals surface area contributed by atoms with Crippen LogP contribution in [0.1, 0.15) is 37.7 Å². The largest absolute Gasteiger partial charge is 0.497 e. The second-order valence-corrected chi connectivity index (χ2v) is 5.31. The first-order chi connectivity index (χ1) is 8.75. The summed E-state index contributed by atoms with van der Waals surface area (Å²) < 4.78 is 10.8. The Morgan fingerprint density at radius 2 is 1.83 bits per heavy atom. The fraction of sp³-hybridized carbons (Fsp3) is 0.600. The van der Waals surface area contributed by atoms with Crippen LogP contribution in [0.4, 0.5) is 0 Å². The van der Waals surface area contributed by atoms with Gasteiger partial charge in [-0.25, -0.2) is 0 Å². The Balaban J connectivity index is 2.44. The average molecular weight is 269 g/mol. The number of halogens is 1. The molecule has 0 bridgehead atoms. The first-order valence-electron chi connectivity index (χ1n) is 6.54. The second-order valence-electron chi connectivity index (χ2n) is 5.04.